The molecule has 0 bridgehead atoms. The number of nitrogens with zero attached hydrogens (tertiary/aromatic N) is 2. The number of furan rings is 1. The van der Waals surface area contributed by atoms with E-state index in [1.54, 1.807) is 18.5 Å². The van der Waals surface area contributed by atoms with Crippen molar-refractivity contribution in [1.29, 1.82) is 0 Å². The molecule has 2 heterocycles. The molecule has 136 valence electrons. The highest BCUT2D eigenvalue weighted by molar-refractivity contribution is 6.12. The summed E-state index contributed by atoms with van der Waals surface area (Å²) in [5.74, 6) is 0.386. The summed E-state index contributed by atoms with van der Waals surface area (Å²) in [6, 6.07) is 12.9. The van der Waals surface area contributed by atoms with Gasteiger partial charge in [-0.3, -0.25) is 4.99 Å². The normalized spacial score (nSPS) is 11.5. The van der Waals surface area contributed by atoms with Crippen LogP contribution in [0.15, 0.2) is 67.3 Å². The number of fused-ring (bicyclic) bond motifs is 2. The number of hydrogen-bond acceptors (Lipinski definition) is 6. The minimum atomic E-state index is -0.457. The Labute approximate surface area is 155 Å². The van der Waals surface area contributed by atoms with Crippen molar-refractivity contribution in [3.05, 3.63) is 64.7 Å². The van der Waals surface area contributed by atoms with Crippen molar-refractivity contribution >= 4 is 39.5 Å². The van der Waals surface area contributed by atoms with E-state index in [0.29, 0.717) is 28.0 Å². The number of hydrogen-bond donors (Lipinski definition) is 0. The van der Waals surface area contributed by atoms with Crippen LogP contribution in [0.4, 0.5) is 11.4 Å². The first kappa shape index (κ1) is 16.9. The van der Waals surface area contributed by atoms with Gasteiger partial charge in [0.15, 0.2) is 11.2 Å². The first-order valence-electron chi connectivity index (χ1n) is 8.41. The fraction of sp³-hybridized carbons (Fsp3) is 0.143. The molecule has 0 spiro atoms. The van der Waals surface area contributed by atoms with E-state index in [2.05, 4.69) is 4.99 Å². The molecule has 0 aliphatic rings. The summed E-state index contributed by atoms with van der Waals surface area (Å²) in [6.45, 7) is 0. The van der Waals surface area contributed by atoms with E-state index in [-0.39, 0.29) is 0 Å². The first-order valence-corrected chi connectivity index (χ1v) is 8.41. The number of benzene rings is 2. The van der Waals surface area contributed by atoms with E-state index in [1.807, 2.05) is 49.3 Å². The average Bonchev–Trinajstić information content (AvgIpc) is 3.14. The molecular formula is C21H18N2O4. The third kappa shape index (κ3) is 2.95. The molecule has 2 aromatic heterocycles. The first-order chi connectivity index (χ1) is 13.1. The summed E-state index contributed by atoms with van der Waals surface area (Å²) in [5, 5.41) is 1.47. The molecule has 0 aliphatic heterocycles. The van der Waals surface area contributed by atoms with Gasteiger partial charge in [-0.05, 0) is 29.8 Å². The molecule has 0 unspecified atom stereocenters. The fourth-order valence-corrected chi connectivity index (χ4v) is 3.01. The van der Waals surface area contributed by atoms with Gasteiger partial charge in [-0.15, -0.1) is 0 Å². The van der Waals surface area contributed by atoms with Crippen molar-refractivity contribution < 1.29 is 13.6 Å². The molecule has 6 heteroatoms. The van der Waals surface area contributed by atoms with Gasteiger partial charge in [-0.25, -0.2) is 4.79 Å². The summed E-state index contributed by atoms with van der Waals surface area (Å²) >= 11 is 0. The number of anilines is 1. The van der Waals surface area contributed by atoms with E-state index in [1.165, 1.54) is 13.2 Å². The predicted octanol–water partition coefficient (Wildman–Crippen LogP) is 4.36. The van der Waals surface area contributed by atoms with Crippen molar-refractivity contribution in [2.45, 2.75) is 0 Å². The lowest BCUT2D eigenvalue weighted by Crippen LogP contribution is -2.08. The summed E-state index contributed by atoms with van der Waals surface area (Å²) in [5.41, 5.74) is 3.09. The smallest absolute Gasteiger partial charge is 0.336 e. The zero-order valence-electron chi connectivity index (χ0n) is 15.2. The highest BCUT2D eigenvalue weighted by Crippen LogP contribution is 2.42. The monoisotopic (exact) mass is 362 g/mol. The molecule has 2 aromatic carbocycles. The Hall–Kier alpha value is -3.54. The second-order valence-electron chi connectivity index (χ2n) is 6.29. The zero-order chi connectivity index (χ0) is 19.0. The Bertz CT molecular complexity index is 1200. The molecule has 4 rings (SSSR count). The third-order valence-corrected chi connectivity index (χ3v) is 4.38. The van der Waals surface area contributed by atoms with Crippen LogP contribution in [0, 0.1) is 0 Å². The lowest BCUT2D eigenvalue weighted by atomic mass is 10.1. The van der Waals surface area contributed by atoms with E-state index >= 15 is 0 Å². The number of ether oxygens (including phenoxy) is 1. The third-order valence-electron chi connectivity index (χ3n) is 4.38. The maximum Gasteiger partial charge on any atom is 0.336 e. The molecule has 0 N–H and O–H groups in total. The Morgan fingerprint density at radius 1 is 1.00 bits per heavy atom. The standard InChI is InChI=1S/C21H18N2O4/c1-23(2)14-6-4-13(5-7-14)12-22-18-15-8-9-17(24)27-20(15)21(25-3)19-16(18)10-11-26-19/h4-12H,1-3H3. The van der Waals surface area contributed by atoms with Crippen LogP contribution in [0.5, 0.6) is 5.75 Å². The van der Waals surface area contributed by atoms with Gasteiger partial charge >= 0.3 is 5.63 Å². The van der Waals surface area contributed by atoms with Gasteiger partial charge in [0.1, 0.15) is 0 Å². The summed E-state index contributed by atoms with van der Waals surface area (Å²) < 4.78 is 16.4. The van der Waals surface area contributed by atoms with Crippen molar-refractivity contribution in [3.63, 3.8) is 0 Å². The molecule has 0 saturated heterocycles. The maximum atomic E-state index is 11.7. The van der Waals surface area contributed by atoms with Gasteiger partial charge in [0.25, 0.3) is 0 Å². The Morgan fingerprint density at radius 2 is 1.74 bits per heavy atom. The van der Waals surface area contributed by atoms with Gasteiger partial charge in [0, 0.05) is 37.4 Å². The summed E-state index contributed by atoms with van der Waals surface area (Å²) in [4.78, 5) is 18.4. The van der Waals surface area contributed by atoms with Crippen molar-refractivity contribution in [3.8, 4) is 5.75 Å². The molecule has 0 fully saturated rings. The number of aliphatic imine (C=N–C) groups is 1. The van der Waals surface area contributed by atoms with Crippen LogP contribution in [0.3, 0.4) is 0 Å². The zero-order valence-corrected chi connectivity index (χ0v) is 15.2. The van der Waals surface area contributed by atoms with Gasteiger partial charge in [0.2, 0.25) is 5.75 Å². The van der Waals surface area contributed by atoms with E-state index in [9.17, 15) is 4.79 Å². The largest absolute Gasteiger partial charge is 0.490 e. The molecule has 6 nitrogen and oxygen atoms in total. The van der Waals surface area contributed by atoms with Gasteiger partial charge < -0.3 is 18.5 Å². The van der Waals surface area contributed by atoms with Crippen molar-refractivity contribution in [2.24, 2.45) is 4.99 Å². The van der Waals surface area contributed by atoms with Crippen LogP contribution in [-0.4, -0.2) is 27.4 Å². The topological polar surface area (TPSA) is 68.2 Å². The minimum absolute atomic E-state index is 0.322. The second-order valence-corrected chi connectivity index (χ2v) is 6.29. The predicted molar refractivity (Wildman–Crippen MR) is 107 cm³/mol. The summed E-state index contributed by atoms with van der Waals surface area (Å²) in [6.07, 6.45) is 3.34. The highest BCUT2D eigenvalue weighted by atomic mass is 16.5. The summed E-state index contributed by atoms with van der Waals surface area (Å²) in [7, 11) is 5.50. The lowest BCUT2D eigenvalue weighted by molar-refractivity contribution is 0.403. The Morgan fingerprint density at radius 3 is 2.44 bits per heavy atom. The van der Waals surface area contributed by atoms with Gasteiger partial charge in [-0.1, -0.05) is 12.1 Å². The number of methoxy groups -OCH3 is 1. The maximum absolute atomic E-state index is 11.7. The van der Waals surface area contributed by atoms with Crippen LogP contribution in [-0.2, 0) is 0 Å². The molecule has 0 atom stereocenters. The fourth-order valence-electron chi connectivity index (χ4n) is 3.01. The van der Waals surface area contributed by atoms with E-state index < -0.39 is 5.63 Å². The molecule has 0 saturated carbocycles. The quantitative estimate of drug-likeness (QED) is 0.398. The molecular weight excluding hydrogens is 344 g/mol. The van der Waals surface area contributed by atoms with Crippen LogP contribution < -0.4 is 15.3 Å². The highest BCUT2D eigenvalue weighted by Gasteiger charge is 2.18. The van der Waals surface area contributed by atoms with Gasteiger partial charge in [0.05, 0.1) is 24.4 Å². The molecule has 0 radical (unpaired) electrons. The SMILES string of the molecule is COc1c2occc2c(N=Cc2ccc(N(C)C)cc2)c2ccc(=O)oc12. The minimum Gasteiger partial charge on any atom is -0.490 e. The van der Waals surface area contributed by atoms with Crippen molar-refractivity contribution in [1.82, 2.24) is 0 Å². The van der Waals surface area contributed by atoms with Crippen LogP contribution in [0.25, 0.3) is 21.9 Å². The Kier molecular flexibility index (Phi) is 4.16. The van der Waals surface area contributed by atoms with Crippen LogP contribution in [0.2, 0.25) is 0 Å². The average molecular weight is 362 g/mol. The molecule has 0 amide bonds. The number of rotatable bonds is 4. The lowest BCUT2D eigenvalue weighted by Gasteiger charge is -2.11. The Balaban J connectivity index is 1.89. The van der Waals surface area contributed by atoms with E-state index in [0.717, 1.165) is 16.6 Å². The second kappa shape index (κ2) is 6.64. The van der Waals surface area contributed by atoms with Crippen molar-refractivity contribution in [2.75, 3.05) is 26.1 Å². The molecule has 4 aromatic rings. The van der Waals surface area contributed by atoms with Gasteiger partial charge in [-0.2, -0.15) is 0 Å². The molecule has 0 aliphatic carbocycles. The van der Waals surface area contributed by atoms with Crippen LogP contribution >= 0.6 is 0 Å². The van der Waals surface area contributed by atoms with Crippen LogP contribution in [0.1, 0.15) is 5.56 Å². The molecule has 27 heavy (non-hydrogen) atoms. The van der Waals surface area contributed by atoms with E-state index in [4.69, 9.17) is 13.6 Å².